The molecule has 0 radical (unpaired) electrons. The van der Waals surface area contributed by atoms with Gasteiger partial charge < -0.3 is 5.11 Å². The summed E-state index contributed by atoms with van der Waals surface area (Å²) in [5.74, 6) is -1.00. The van der Waals surface area contributed by atoms with Crippen molar-refractivity contribution in [3.63, 3.8) is 0 Å². The van der Waals surface area contributed by atoms with Crippen LogP contribution in [-0.2, 0) is 4.79 Å². The second-order valence-electron chi connectivity index (χ2n) is 2.02. The molecule has 1 N–H and O–H groups in total. The Kier molecular flexibility index (Phi) is 2.01. The summed E-state index contributed by atoms with van der Waals surface area (Å²) in [5.41, 5.74) is 0.680. The molecule has 0 fully saturated rings. The molecule has 1 heterocycles. The van der Waals surface area contributed by atoms with Crippen LogP contribution in [0.4, 0.5) is 0 Å². The molecule has 0 atom stereocenters. The van der Waals surface area contributed by atoms with Gasteiger partial charge in [-0.05, 0) is 17.7 Å². The van der Waals surface area contributed by atoms with Gasteiger partial charge in [0.05, 0.1) is 5.57 Å². The average Bonchev–Trinajstić information content (AvgIpc) is 2.05. The molecule has 1 aromatic heterocycles. The molecule has 0 aromatic carbocycles. The number of rotatable bonds is 2. The zero-order chi connectivity index (χ0) is 8.27. The molecule has 56 valence electrons. The Hall–Kier alpha value is -1.64. The lowest BCUT2D eigenvalue weighted by Crippen LogP contribution is -1.97. The van der Waals surface area contributed by atoms with Crippen LogP contribution < -0.4 is 0 Å². The Morgan fingerprint density at radius 3 is 2.45 bits per heavy atom. The van der Waals surface area contributed by atoms with E-state index in [-0.39, 0.29) is 5.57 Å². The molecule has 1 rings (SSSR count). The van der Waals surface area contributed by atoms with Crippen LogP contribution in [0.15, 0.2) is 31.1 Å². The zero-order valence-electron chi connectivity index (χ0n) is 5.82. The van der Waals surface area contributed by atoms with Crippen LogP contribution >= 0.6 is 0 Å². The fraction of sp³-hybridized carbons (Fsp3) is 0. The van der Waals surface area contributed by atoms with Gasteiger partial charge in [0.1, 0.15) is 0 Å². The van der Waals surface area contributed by atoms with Gasteiger partial charge >= 0.3 is 5.97 Å². The second kappa shape index (κ2) is 2.96. The van der Waals surface area contributed by atoms with Gasteiger partial charge in [-0.3, -0.25) is 4.98 Å². The maximum atomic E-state index is 10.4. The number of aromatic nitrogens is 1. The van der Waals surface area contributed by atoms with Gasteiger partial charge in [-0.1, -0.05) is 6.58 Å². The summed E-state index contributed by atoms with van der Waals surface area (Å²) >= 11 is 0. The molecule has 3 nitrogen and oxygen atoms in total. The van der Waals surface area contributed by atoms with Crippen molar-refractivity contribution >= 4 is 11.5 Å². The Bertz CT molecular complexity index is 279. The highest BCUT2D eigenvalue weighted by atomic mass is 16.4. The highest BCUT2D eigenvalue weighted by Gasteiger charge is 2.04. The summed E-state index contributed by atoms with van der Waals surface area (Å²) in [6.45, 7) is 3.40. The van der Waals surface area contributed by atoms with Crippen molar-refractivity contribution in [1.82, 2.24) is 4.98 Å². The summed E-state index contributed by atoms with van der Waals surface area (Å²) in [5, 5.41) is 8.52. The van der Waals surface area contributed by atoms with Gasteiger partial charge in [-0.25, -0.2) is 4.79 Å². The predicted molar refractivity (Wildman–Crippen MR) is 40.9 cm³/mol. The molecule has 0 saturated carbocycles. The number of hydrogen-bond acceptors (Lipinski definition) is 2. The molecule has 11 heavy (non-hydrogen) atoms. The lowest BCUT2D eigenvalue weighted by atomic mass is 10.1. The Labute approximate surface area is 64.0 Å². The Balaban J connectivity index is 2.95. The molecule has 1 aromatic rings. The van der Waals surface area contributed by atoms with Gasteiger partial charge in [0.2, 0.25) is 0 Å². The van der Waals surface area contributed by atoms with Crippen molar-refractivity contribution in [2.24, 2.45) is 0 Å². The topological polar surface area (TPSA) is 50.2 Å². The molecule has 0 aliphatic heterocycles. The number of pyridine rings is 1. The average molecular weight is 149 g/mol. The first-order valence-corrected chi connectivity index (χ1v) is 3.04. The number of aliphatic carboxylic acids is 1. The van der Waals surface area contributed by atoms with E-state index in [0.717, 1.165) is 0 Å². The van der Waals surface area contributed by atoms with E-state index in [2.05, 4.69) is 11.6 Å². The smallest absolute Gasteiger partial charge is 0.335 e. The number of carboxylic acids is 1. The molecular weight excluding hydrogens is 142 g/mol. The maximum Gasteiger partial charge on any atom is 0.335 e. The number of hydrogen-bond donors (Lipinski definition) is 1. The van der Waals surface area contributed by atoms with Gasteiger partial charge in [0.15, 0.2) is 0 Å². The summed E-state index contributed by atoms with van der Waals surface area (Å²) in [6, 6.07) is 3.22. The summed E-state index contributed by atoms with van der Waals surface area (Å²) in [6.07, 6.45) is 3.06. The van der Waals surface area contributed by atoms with Crippen LogP contribution in [-0.4, -0.2) is 16.1 Å². The normalized spacial score (nSPS) is 9.09. The monoisotopic (exact) mass is 149 g/mol. The fourth-order valence-electron chi connectivity index (χ4n) is 0.677. The molecule has 0 aliphatic rings. The number of nitrogens with zero attached hydrogens (tertiary/aromatic N) is 1. The lowest BCUT2D eigenvalue weighted by Gasteiger charge is -1.96. The maximum absolute atomic E-state index is 10.4. The van der Waals surface area contributed by atoms with Crippen molar-refractivity contribution < 1.29 is 9.90 Å². The third kappa shape index (κ3) is 1.64. The van der Waals surface area contributed by atoms with Crippen LogP contribution in [0.25, 0.3) is 5.57 Å². The minimum atomic E-state index is -1.00. The van der Waals surface area contributed by atoms with Crippen LogP contribution in [0, 0.1) is 0 Å². The van der Waals surface area contributed by atoms with E-state index in [1.807, 2.05) is 0 Å². The van der Waals surface area contributed by atoms with Crippen LogP contribution in [0.1, 0.15) is 5.56 Å². The highest BCUT2D eigenvalue weighted by molar-refractivity contribution is 6.14. The Morgan fingerprint density at radius 2 is 2.00 bits per heavy atom. The summed E-state index contributed by atoms with van der Waals surface area (Å²) in [7, 11) is 0. The third-order valence-electron chi connectivity index (χ3n) is 1.29. The van der Waals surface area contributed by atoms with Gasteiger partial charge in [-0.15, -0.1) is 0 Å². The van der Waals surface area contributed by atoms with Crippen molar-refractivity contribution in [2.45, 2.75) is 0 Å². The van der Waals surface area contributed by atoms with Gasteiger partial charge in [0.25, 0.3) is 0 Å². The largest absolute Gasteiger partial charge is 0.478 e. The molecule has 0 spiro atoms. The van der Waals surface area contributed by atoms with Gasteiger partial charge in [-0.2, -0.15) is 0 Å². The summed E-state index contributed by atoms with van der Waals surface area (Å²) in [4.78, 5) is 14.1. The van der Waals surface area contributed by atoms with E-state index in [1.54, 1.807) is 12.1 Å². The molecule has 0 amide bonds. The van der Waals surface area contributed by atoms with E-state index in [1.165, 1.54) is 12.4 Å². The lowest BCUT2D eigenvalue weighted by molar-refractivity contribution is -0.130. The second-order valence-corrected chi connectivity index (χ2v) is 2.02. The first-order chi connectivity index (χ1) is 5.22. The SMILES string of the molecule is C=C(C(=O)O)c1ccncc1. The molecule has 3 heteroatoms. The molecule has 0 bridgehead atoms. The standard InChI is InChI=1S/C8H7NO2/c1-6(8(10)11)7-2-4-9-5-3-7/h2-5H,1H2,(H,10,11). The van der Waals surface area contributed by atoms with E-state index >= 15 is 0 Å². The molecule has 0 aliphatic carbocycles. The molecule has 0 unspecified atom stereocenters. The van der Waals surface area contributed by atoms with E-state index < -0.39 is 5.97 Å². The minimum Gasteiger partial charge on any atom is -0.478 e. The van der Waals surface area contributed by atoms with E-state index in [4.69, 9.17) is 5.11 Å². The quantitative estimate of drug-likeness (QED) is 0.642. The number of carboxylic acid groups (broad SMARTS) is 1. The van der Waals surface area contributed by atoms with Crippen molar-refractivity contribution in [1.29, 1.82) is 0 Å². The highest BCUT2D eigenvalue weighted by Crippen LogP contribution is 2.09. The predicted octanol–water partition coefficient (Wildman–Crippen LogP) is 1.18. The molecular formula is C8H7NO2. The van der Waals surface area contributed by atoms with Crippen LogP contribution in [0.3, 0.4) is 0 Å². The number of carbonyl (C=O) groups is 1. The Morgan fingerprint density at radius 1 is 1.45 bits per heavy atom. The summed E-state index contributed by atoms with van der Waals surface area (Å²) < 4.78 is 0. The third-order valence-corrected chi connectivity index (χ3v) is 1.29. The van der Waals surface area contributed by atoms with Gasteiger partial charge in [0, 0.05) is 12.4 Å². The van der Waals surface area contributed by atoms with E-state index in [0.29, 0.717) is 5.56 Å². The van der Waals surface area contributed by atoms with Crippen LogP contribution in [0.5, 0.6) is 0 Å². The first kappa shape index (κ1) is 7.47. The fourth-order valence-corrected chi connectivity index (χ4v) is 0.677. The molecule has 0 saturated heterocycles. The minimum absolute atomic E-state index is 0.0902. The van der Waals surface area contributed by atoms with Crippen LogP contribution in [0.2, 0.25) is 0 Å². The van der Waals surface area contributed by atoms with Crippen molar-refractivity contribution in [3.05, 3.63) is 36.7 Å². The van der Waals surface area contributed by atoms with Crippen molar-refractivity contribution in [2.75, 3.05) is 0 Å². The zero-order valence-corrected chi connectivity index (χ0v) is 5.82. The van der Waals surface area contributed by atoms with E-state index in [9.17, 15) is 4.79 Å². The van der Waals surface area contributed by atoms with Crippen molar-refractivity contribution in [3.8, 4) is 0 Å². The first-order valence-electron chi connectivity index (χ1n) is 3.04.